The zero-order chi connectivity index (χ0) is 20.5. The van der Waals surface area contributed by atoms with Crippen molar-refractivity contribution in [3.05, 3.63) is 79.2 Å². The topological polar surface area (TPSA) is 104 Å². The third-order valence-corrected chi connectivity index (χ3v) is 5.62. The van der Waals surface area contributed by atoms with Crippen LogP contribution in [0.15, 0.2) is 58.1 Å². The minimum absolute atomic E-state index is 0.0375. The third kappa shape index (κ3) is 3.30. The van der Waals surface area contributed by atoms with Crippen molar-refractivity contribution in [2.75, 3.05) is 13.7 Å². The lowest BCUT2D eigenvalue weighted by Crippen LogP contribution is -2.28. The van der Waals surface area contributed by atoms with Crippen molar-refractivity contribution >= 4 is 37.3 Å². The molecule has 2 heterocycles. The average Bonchev–Trinajstić information content (AvgIpc) is 2.73. The van der Waals surface area contributed by atoms with Gasteiger partial charge in [0, 0.05) is 34.9 Å². The summed E-state index contributed by atoms with van der Waals surface area (Å²) in [4.78, 5) is 41.6. The van der Waals surface area contributed by atoms with E-state index in [4.69, 9.17) is 4.74 Å². The lowest BCUT2D eigenvalue weighted by Gasteiger charge is -2.13. The van der Waals surface area contributed by atoms with Crippen molar-refractivity contribution in [1.82, 2.24) is 9.55 Å². The lowest BCUT2D eigenvalue weighted by molar-refractivity contribution is -0.384. The Hall–Kier alpha value is -3.43. The van der Waals surface area contributed by atoms with Crippen LogP contribution in [0.3, 0.4) is 0 Å². The first-order chi connectivity index (χ1) is 14.0. The number of nitro benzene ring substituents is 1. The number of nitro groups is 1. The maximum Gasteiger partial charge on any atom is 0.269 e. The van der Waals surface area contributed by atoms with Gasteiger partial charge in [0.2, 0.25) is 5.43 Å². The number of hydrogen-bond acceptors (Lipinski definition) is 7. The van der Waals surface area contributed by atoms with Gasteiger partial charge in [-0.05, 0) is 24.3 Å². The molecule has 0 bridgehead atoms. The molecule has 0 unspecified atom stereocenters. The molecule has 0 fully saturated rings. The molecule has 29 heavy (non-hydrogen) atoms. The van der Waals surface area contributed by atoms with E-state index < -0.39 is 10.5 Å². The Labute approximate surface area is 167 Å². The summed E-state index contributed by atoms with van der Waals surface area (Å²) < 4.78 is 7.22. The summed E-state index contributed by atoms with van der Waals surface area (Å²) in [5.41, 5.74) is -0.324. The maximum absolute atomic E-state index is 13.2. The van der Waals surface area contributed by atoms with Crippen LogP contribution in [0, 0.1) is 10.1 Å². The molecular formula is C20H15N3O5S. The quantitative estimate of drug-likeness (QED) is 0.285. The highest BCUT2D eigenvalue weighted by atomic mass is 32.1. The zero-order valence-electron chi connectivity index (χ0n) is 15.3. The van der Waals surface area contributed by atoms with Gasteiger partial charge in [0.25, 0.3) is 11.2 Å². The van der Waals surface area contributed by atoms with Crippen molar-refractivity contribution in [2.24, 2.45) is 0 Å². The minimum atomic E-state index is -0.493. The monoisotopic (exact) mass is 409 g/mol. The number of fused-ring (bicyclic) bond motifs is 2. The Kier molecular flexibility index (Phi) is 4.91. The largest absolute Gasteiger partial charge is 0.383 e. The average molecular weight is 409 g/mol. The van der Waals surface area contributed by atoms with Gasteiger partial charge in [-0.1, -0.05) is 12.1 Å². The van der Waals surface area contributed by atoms with Crippen LogP contribution in [0.2, 0.25) is 0 Å². The highest BCUT2D eigenvalue weighted by Gasteiger charge is 2.18. The van der Waals surface area contributed by atoms with Gasteiger partial charge in [0.05, 0.1) is 18.1 Å². The molecule has 0 radical (unpaired) electrons. The molecule has 4 rings (SSSR count). The summed E-state index contributed by atoms with van der Waals surface area (Å²) >= 11 is 1.27. The van der Waals surface area contributed by atoms with Crippen molar-refractivity contribution in [3.8, 4) is 11.4 Å². The first kappa shape index (κ1) is 18.9. The van der Waals surface area contributed by atoms with Crippen LogP contribution in [0.1, 0.15) is 0 Å². The van der Waals surface area contributed by atoms with Crippen LogP contribution in [0.4, 0.5) is 5.69 Å². The Morgan fingerprint density at radius 2 is 1.86 bits per heavy atom. The molecule has 0 aliphatic heterocycles. The predicted octanol–water partition coefficient (Wildman–Crippen LogP) is 3.19. The van der Waals surface area contributed by atoms with Gasteiger partial charge in [0.1, 0.15) is 16.0 Å². The first-order valence-electron chi connectivity index (χ1n) is 8.71. The smallest absolute Gasteiger partial charge is 0.269 e. The van der Waals surface area contributed by atoms with Crippen LogP contribution >= 0.6 is 11.3 Å². The summed E-state index contributed by atoms with van der Waals surface area (Å²) in [6.45, 7) is 0.444. The van der Waals surface area contributed by atoms with Crippen LogP contribution in [-0.2, 0) is 11.3 Å². The summed E-state index contributed by atoms with van der Waals surface area (Å²) in [6.07, 6.45) is 0. The third-order valence-electron chi connectivity index (χ3n) is 4.56. The van der Waals surface area contributed by atoms with Gasteiger partial charge in [-0.25, -0.2) is 4.98 Å². The van der Waals surface area contributed by atoms with Crippen LogP contribution in [-0.4, -0.2) is 28.2 Å². The Balaban J connectivity index is 2.04. The molecule has 0 aliphatic carbocycles. The fraction of sp³-hybridized carbons (Fsp3) is 0.150. The number of aromatic nitrogens is 2. The maximum atomic E-state index is 13.2. The van der Waals surface area contributed by atoms with E-state index in [1.165, 1.54) is 35.1 Å². The van der Waals surface area contributed by atoms with Gasteiger partial charge < -0.3 is 4.74 Å². The number of rotatable bonds is 5. The number of nitrogens with zero attached hydrogens (tertiary/aromatic N) is 3. The molecule has 2 aromatic carbocycles. The van der Waals surface area contributed by atoms with Crippen molar-refractivity contribution in [3.63, 3.8) is 0 Å². The molecule has 0 N–H and O–H groups in total. The molecular weight excluding hydrogens is 394 g/mol. The molecule has 2 aromatic heterocycles. The molecule has 9 heteroatoms. The minimum Gasteiger partial charge on any atom is -0.383 e. The highest BCUT2D eigenvalue weighted by molar-refractivity contribution is 7.24. The van der Waals surface area contributed by atoms with Crippen LogP contribution < -0.4 is 11.0 Å². The summed E-state index contributed by atoms with van der Waals surface area (Å²) in [5.74, 6) is 0.334. The fourth-order valence-corrected chi connectivity index (χ4v) is 4.17. The van der Waals surface area contributed by atoms with Crippen LogP contribution in [0.5, 0.6) is 0 Å². The lowest BCUT2D eigenvalue weighted by atomic mass is 10.1. The van der Waals surface area contributed by atoms with E-state index in [0.29, 0.717) is 21.6 Å². The van der Waals surface area contributed by atoms with E-state index in [-0.39, 0.29) is 29.7 Å². The van der Waals surface area contributed by atoms with Gasteiger partial charge in [-0.15, -0.1) is 11.3 Å². The first-order valence-corrected chi connectivity index (χ1v) is 9.53. The van der Waals surface area contributed by atoms with E-state index >= 15 is 0 Å². The van der Waals surface area contributed by atoms with Gasteiger partial charge in [-0.3, -0.25) is 24.3 Å². The normalized spacial score (nSPS) is 11.2. The van der Waals surface area contributed by atoms with Crippen molar-refractivity contribution in [1.29, 1.82) is 0 Å². The van der Waals surface area contributed by atoms with Gasteiger partial charge in [0.15, 0.2) is 0 Å². The summed E-state index contributed by atoms with van der Waals surface area (Å²) in [7, 11) is 1.51. The fourth-order valence-electron chi connectivity index (χ4n) is 3.13. The molecule has 0 atom stereocenters. The van der Waals surface area contributed by atoms with Crippen LogP contribution in [0.25, 0.3) is 31.7 Å². The number of benzene rings is 2. The number of hydrogen-bond donors (Lipinski definition) is 0. The SMILES string of the molecule is COCCn1c(-c2ccc([N+](=O)[O-])cc2)nc2sc3ccccc3c(=O)c2c1=O. The van der Waals surface area contributed by atoms with Crippen molar-refractivity contribution in [2.45, 2.75) is 6.54 Å². The highest BCUT2D eigenvalue weighted by Crippen LogP contribution is 2.25. The second-order valence-corrected chi connectivity index (χ2v) is 7.33. The Morgan fingerprint density at radius 1 is 1.14 bits per heavy atom. The standard InChI is InChI=1S/C20H15N3O5S/c1-28-11-10-22-18(12-6-8-13(9-7-12)23(26)27)21-19-16(20(22)25)17(24)14-4-2-3-5-15(14)29-19/h2-9H,10-11H2,1H3. The molecule has 8 nitrogen and oxygen atoms in total. The molecule has 0 spiro atoms. The molecule has 0 saturated heterocycles. The van der Waals surface area contributed by atoms with E-state index in [0.717, 1.165) is 4.70 Å². The molecule has 146 valence electrons. The predicted molar refractivity (Wildman–Crippen MR) is 112 cm³/mol. The zero-order valence-corrected chi connectivity index (χ0v) is 16.1. The number of non-ortho nitro benzene ring substituents is 1. The second kappa shape index (κ2) is 7.53. The van der Waals surface area contributed by atoms with Gasteiger partial charge >= 0.3 is 0 Å². The Bertz CT molecular complexity index is 1360. The summed E-state index contributed by atoms with van der Waals surface area (Å²) in [5, 5.41) is 11.4. The molecule has 0 amide bonds. The molecule has 0 aliphatic rings. The number of ether oxygens (including phenoxy) is 1. The second-order valence-electron chi connectivity index (χ2n) is 6.30. The van der Waals surface area contributed by atoms with E-state index in [9.17, 15) is 19.7 Å². The van der Waals surface area contributed by atoms with Gasteiger partial charge in [-0.2, -0.15) is 0 Å². The molecule has 0 saturated carbocycles. The number of methoxy groups -OCH3 is 1. The van der Waals surface area contributed by atoms with E-state index in [2.05, 4.69) is 4.98 Å². The Morgan fingerprint density at radius 3 is 2.55 bits per heavy atom. The summed E-state index contributed by atoms with van der Waals surface area (Å²) in [6, 6.07) is 12.9. The van der Waals surface area contributed by atoms with E-state index in [1.807, 2.05) is 12.1 Å². The van der Waals surface area contributed by atoms with E-state index in [1.54, 1.807) is 24.3 Å². The molecule has 4 aromatic rings. The van der Waals surface area contributed by atoms with Crippen molar-refractivity contribution < 1.29 is 9.66 Å².